The van der Waals surface area contributed by atoms with Gasteiger partial charge in [0.25, 0.3) is 0 Å². The van der Waals surface area contributed by atoms with Crippen molar-refractivity contribution < 1.29 is 23.7 Å². The van der Waals surface area contributed by atoms with E-state index in [0.29, 0.717) is 39.7 Å². The van der Waals surface area contributed by atoms with Crippen LogP contribution >= 0.6 is 0 Å². The van der Waals surface area contributed by atoms with Gasteiger partial charge in [-0.15, -0.1) is 0 Å². The smallest absolute Gasteiger partial charge is 0.149 e. The Kier molecular flexibility index (Phi) is 12.3. The van der Waals surface area contributed by atoms with Gasteiger partial charge in [-0.05, 0) is 28.6 Å². The highest BCUT2D eigenvalue weighted by atomic mass is 16.6. The highest BCUT2D eigenvalue weighted by Crippen LogP contribution is 2.49. The molecule has 3 heterocycles. The van der Waals surface area contributed by atoms with Crippen molar-refractivity contribution in [3.8, 4) is 0 Å². The molecule has 0 amide bonds. The van der Waals surface area contributed by atoms with Crippen LogP contribution in [-0.4, -0.2) is 43.8 Å². The van der Waals surface area contributed by atoms with Gasteiger partial charge in [0.2, 0.25) is 0 Å². The fourth-order valence-electron chi connectivity index (χ4n) is 8.54. The summed E-state index contributed by atoms with van der Waals surface area (Å²) in [5, 5.41) is 0. The summed E-state index contributed by atoms with van der Waals surface area (Å²) in [5.74, 6) is 1.55. The van der Waals surface area contributed by atoms with Gasteiger partial charge in [-0.2, -0.15) is 0 Å². The molecule has 3 saturated heterocycles. The summed E-state index contributed by atoms with van der Waals surface area (Å²) in [6.07, 6.45) is 7.59. The third-order valence-corrected chi connectivity index (χ3v) is 11.0. The van der Waals surface area contributed by atoms with E-state index in [4.69, 9.17) is 23.7 Å². The largest absolute Gasteiger partial charge is 0.374 e. The maximum atomic E-state index is 7.22. The molecule has 0 radical (unpaired) electrons. The van der Waals surface area contributed by atoms with E-state index in [2.05, 4.69) is 103 Å². The number of ether oxygens (including phenoxy) is 5. The third-order valence-electron chi connectivity index (χ3n) is 11.0. The highest BCUT2D eigenvalue weighted by Gasteiger charge is 2.51. The van der Waals surface area contributed by atoms with Gasteiger partial charge in [-0.25, -0.2) is 0 Å². The van der Waals surface area contributed by atoms with E-state index in [-0.39, 0.29) is 30.5 Å². The molecule has 3 fully saturated rings. The van der Waals surface area contributed by atoms with Gasteiger partial charge in [-0.1, -0.05) is 171 Å². The normalized spacial score (nSPS) is 26.8. The van der Waals surface area contributed by atoms with Crippen molar-refractivity contribution in [2.24, 2.45) is 0 Å². The predicted octanol–water partition coefficient (Wildman–Crippen LogP) is 9.33. The molecular formula is C43H51BO5. The van der Waals surface area contributed by atoms with Crippen molar-refractivity contribution in [2.75, 3.05) is 6.61 Å². The minimum absolute atomic E-state index is 0.127. The molecule has 0 spiro atoms. The van der Waals surface area contributed by atoms with E-state index < -0.39 is 0 Å². The first kappa shape index (κ1) is 34.2. The molecule has 0 saturated carbocycles. The summed E-state index contributed by atoms with van der Waals surface area (Å²) in [6.45, 7) is 3.01. The van der Waals surface area contributed by atoms with Gasteiger partial charge in [-0.3, -0.25) is 0 Å². The zero-order chi connectivity index (χ0) is 33.1. The Morgan fingerprint density at radius 1 is 0.469 bits per heavy atom. The van der Waals surface area contributed by atoms with Crippen molar-refractivity contribution in [3.63, 3.8) is 0 Å². The Morgan fingerprint density at radius 2 is 0.857 bits per heavy atom. The molecule has 0 aliphatic carbocycles. The lowest BCUT2D eigenvalue weighted by Crippen LogP contribution is -2.62. The lowest BCUT2D eigenvalue weighted by molar-refractivity contribution is -0.269. The quantitative estimate of drug-likeness (QED) is 0.119. The number of rotatable bonds is 15. The van der Waals surface area contributed by atoms with Crippen molar-refractivity contribution in [2.45, 2.75) is 113 Å². The average Bonchev–Trinajstić information content (AvgIpc) is 3.14. The first-order chi connectivity index (χ1) is 24.3. The molecule has 4 aromatic carbocycles. The van der Waals surface area contributed by atoms with Crippen LogP contribution in [0.25, 0.3) is 0 Å². The molecule has 0 N–H and O–H groups in total. The van der Waals surface area contributed by atoms with E-state index in [9.17, 15) is 0 Å². The van der Waals surface area contributed by atoms with Crippen molar-refractivity contribution in [3.05, 3.63) is 144 Å². The monoisotopic (exact) mass is 658 g/mol. The van der Waals surface area contributed by atoms with E-state index in [1.54, 1.807) is 0 Å². The fourth-order valence-corrected chi connectivity index (χ4v) is 8.54. The molecule has 4 aromatic rings. The second-order valence-corrected chi connectivity index (χ2v) is 14.3. The maximum absolute atomic E-state index is 7.22. The molecule has 256 valence electrons. The van der Waals surface area contributed by atoms with Crippen molar-refractivity contribution in [1.29, 1.82) is 0 Å². The van der Waals surface area contributed by atoms with Crippen LogP contribution in [-0.2, 0) is 50.1 Å². The van der Waals surface area contributed by atoms with Gasteiger partial charge in [0.1, 0.15) is 31.1 Å². The van der Waals surface area contributed by atoms with Crippen LogP contribution in [0.5, 0.6) is 0 Å². The molecule has 3 aliphatic heterocycles. The van der Waals surface area contributed by atoms with Crippen LogP contribution in [0.15, 0.2) is 121 Å². The summed E-state index contributed by atoms with van der Waals surface area (Å²) >= 11 is 0. The Morgan fingerprint density at radius 3 is 1.31 bits per heavy atom. The van der Waals surface area contributed by atoms with E-state index >= 15 is 0 Å². The lowest BCUT2D eigenvalue weighted by Gasteiger charge is -2.49. The predicted molar refractivity (Wildman–Crippen MR) is 196 cm³/mol. The first-order valence-electron chi connectivity index (χ1n) is 18.5. The molecule has 3 aliphatic rings. The summed E-state index contributed by atoms with van der Waals surface area (Å²) in [4.78, 5) is 0. The molecule has 0 aromatic heterocycles. The van der Waals surface area contributed by atoms with Gasteiger partial charge < -0.3 is 23.7 Å². The molecule has 5 nitrogen and oxygen atoms in total. The number of fused-ring (bicyclic) bond motifs is 2. The fraction of sp³-hybridized carbons (Fsp3) is 0.442. The minimum Gasteiger partial charge on any atom is -0.374 e. The van der Waals surface area contributed by atoms with Gasteiger partial charge in [0, 0.05) is 0 Å². The second-order valence-electron chi connectivity index (χ2n) is 14.3. The zero-order valence-electron chi connectivity index (χ0n) is 28.7. The van der Waals surface area contributed by atoms with E-state index in [1.807, 2.05) is 18.2 Å². The van der Waals surface area contributed by atoms with E-state index in [1.165, 1.54) is 38.5 Å². The molecular weight excluding hydrogens is 607 g/mol. The van der Waals surface area contributed by atoms with Gasteiger partial charge >= 0.3 is 0 Å². The van der Waals surface area contributed by atoms with Crippen LogP contribution in [0.3, 0.4) is 0 Å². The van der Waals surface area contributed by atoms with Crippen LogP contribution in [0.1, 0.15) is 60.8 Å². The summed E-state index contributed by atoms with van der Waals surface area (Å²) < 4.78 is 34.5. The molecule has 2 bridgehead atoms. The maximum Gasteiger partial charge on any atom is 0.149 e. The summed E-state index contributed by atoms with van der Waals surface area (Å²) in [6, 6.07) is 41.6. The first-order valence-corrected chi connectivity index (χ1v) is 18.5. The molecule has 49 heavy (non-hydrogen) atoms. The van der Waals surface area contributed by atoms with Crippen LogP contribution in [0.2, 0.25) is 18.0 Å². The standard InChI is InChI=1S/C43H51BO5/c1-5-15-33(16-6-1)28-45-32-40-42(47-30-35-19-9-3-10-20-35)43(48-31-36-21-11-4-12-22-36)41(46-29-34-17-7-2-8-18-34)39(49-40)27-44-37-23-13-24-38(44)26-14-25-37/h1-12,15-22,37-43H,13-14,23-32H2/t37?,38?,39-,40?,41-,42-,43?/m0/s1. The molecule has 7 rings (SSSR count). The number of hydrogen-bond donors (Lipinski definition) is 0. The highest BCUT2D eigenvalue weighted by molar-refractivity contribution is 6.62. The molecule has 6 heteroatoms. The number of hydrogen-bond acceptors (Lipinski definition) is 5. The molecule has 2 unspecified atom stereocenters. The van der Waals surface area contributed by atoms with Crippen LogP contribution in [0.4, 0.5) is 0 Å². The minimum atomic E-state index is -0.387. The number of benzene rings is 4. The Bertz CT molecular complexity index is 1480. The van der Waals surface area contributed by atoms with Crippen LogP contribution < -0.4 is 0 Å². The van der Waals surface area contributed by atoms with E-state index in [0.717, 1.165) is 40.2 Å². The SMILES string of the molecule is c1ccc(COCC2O[C@@H](CB3C4CCCC3CCC4)[C@H](OCc3ccccc3)C(OCc3ccccc3)[C@H]2OCc2ccccc2)cc1. The lowest BCUT2D eigenvalue weighted by atomic mass is 9.25. The van der Waals surface area contributed by atoms with Crippen molar-refractivity contribution >= 4 is 6.71 Å². The summed E-state index contributed by atoms with van der Waals surface area (Å²) in [5.41, 5.74) is 4.54. The van der Waals surface area contributed by atoms with Gasteiger partial charge in [0.15, 0.2) is 0 Å². The Balaban J connectivity index is 1.20. The van der Waals surface area contributed by atoms with Crippen LogP contribution in [0, 0.1) is 0 Å². The average molecular weight is 659 g/mol. The second kappa shape index (κ2) is 17.6. The van der Waals surface area contributed by atoms with Crippen molar-refractivity contribution in [1.82, 2.24) is 0 Å². The van der Waals surface area contributed by atoms with Gasteiger partial charge in [0.05, 0.1) is 39.1 Å². The molecule has 5 atom stereocenters. The Hall–Kier alpha value is -3.26. The summed E-state index contributed by atoms with van der Waals surface area (Å²) in [7, 11) is 0. The Labute approximate surface area is 293 Å². The third kappa shape index (κ3) is 9.30. The zero-order valence-corrected chi connectivity index (χ0v) is 28.7. The topological polar surface area (TPSA) is 46.2 Å².